The molecular weight excluding hydrogens is 368 g/mol. The summed E-state index contributed by atoms with van der Waals surface area (Å²) in [5.41, 5.74) is 0.579. The van der Waals surface area contributed by atoms with Gasteiger partial charge in [0.05, 0.1) is 0 Å². The zero-order valence-corrected chi connectivity index (χ0v) is 22.3. The quantitative estimate of drug-likeness (QED) is 0.234. The summed E-state index contributed by atoms with van der Waals surface area (Å²) < 4.78 is 0.677. The second-order valence-electron chi connectivity index (χ2n) is 11.7. The van der Waals surface area contributed by atoms with Gasteiger partial charge in [0.25, 0.3) is 0 Å². The SMILES string of the molecule is CCCCCCC1CC[SH](C(C)C[C@H](CC)C2CCCCC2(C)C)C1(C)CCC. The van der Waals surface area contributed by atoms with Gasteiger partial charge in [-0.25, -0.2) is 10.9 Å². The van der Waals surface area contributed by atoms with Crippen molar-refractivity contribution in [1.29, 1.82) is 0 Å². The van der Waals surface area contributed by atoms with Crippen LogP contribution in [0.2, 0.25) is 0 Å². The van der Waals surface area contributed by atoms with E-state index >= 15 is 0 Å². The van der Waals surface area contributed by atoms with Crippen LogP contribution in [-0.4, -0.2) is 15.7 Å². The minimum atomic E-state index is 0.188. The molecule has 0 aromatic rings. The van der Waals surface area contributed by atoms with Gasteiger partial charge >= 0.3 is 0 Å². The minimum Gasteiger partial charge on any atom is -0.245 e. The van der Waals surface area contributed by atoms with Crippen molar-refractivity contribution >= 4 is 10.9 Å². The molecule has 0 spiro atoms. The number of unbranched alkanes of at least 4 members (excludes halogenated alkanes) is 3. The van der Waals surface area contributed by atoms with Gasteiger partial charge in [0.1, 0.15) is 0 Å². The van der Waals surface area contributed by atoms with E-state index in [2.05, 4.69) is 48.5 Å². The third-order valence-corrected chi connectivity index (χ3v) is 13.2. The van der Waals surface area contributed by atoms with E-state index in [1.165, 1.54) is 83.5 Å². The average molecular weight is 425 g/mol. The summed E-state index contributed by atoms with van der Waals surface area (Å²) >= 11 is 0. The summed E-state index contributed by atoms with van der Waals surface area (Å²) in [5, 5.41) is 0.977. The lowest BCUT2D eigenvalue weighted by atomic mass is 9.62. The molecule has 1 saturated carbocycles. The first-order chi connectivity index (χ1) is 13.8. The number of hydrogen-bond donors (Lipinski definition) is 1. The summed E-state index contributed by atoms with van der Waals surface area (Å²) in [6.45, 7) is 17.9. The monoisotopic (exact) mass is 424 g/mol. The van der Waals surface area contributed by atoms with Crippen LogP contribution in [0.4, 0.5) is 0 Å². The number of hydrogen-bond acceptors (Lipinski definition) is 0. The maximum Gasteiger partial charge on any atom is -0.00197 e. The maximum atomic E-state index is 2.74. The summed E-state index contributed by atoms with van der Waals surface area (Å²) in [6, 6.07) is 0. The van der Waals surface area contributed by atoms with E-state index in [1.807, 2.05) is 0 Å². The highest BCUT2D eigenvalue weighted by molar-refractivity contribution is 8.18. The molecule has 0 nitrogen and oxygen atoms in total. The van der Waals surface area contributed by atoms with E-state index in [0.29, 0.717) is 10.2 Å². The first kappa shape index (κ1) is 25.6. The molecule has 2 rings (SSSR count). The summed E-state index contributed by atoms with van der Waals surface area (Å²) in [5.74, 6) is 4.55. The van der Waals surface area contributed by atoms with Gasteiger partial charge in [0.15, 0.2) is 0 Å². The lowest BCUT2D eigenvalue weighted by Gasteiger charge is -2.47. The zero-order valence-electron chi connectivity index (χ0n) is 21.4. The Hall–Kier alpha value is 0.350. The highest BCUT2D eigenvalue weighted by atomic mass is 32.2. The Labute approximate surface area is 188 Å². The Morgan fingerprint density at radius 3 is 2.31 bits per heavy atom. The van der Waals surface area contributed by atoms with E-state index in [0.717, 1.165) is 23.0 Å². The van der Waals surface area contributed by atoms with Crippen LogP contribution in [0.5, 0.6) is 0 Å². The molecule has 1 aliphatic heterocycles. The predicted octanol–water partition coefficient (Wildman–Crippen LogP) is 9.56. The Balaban J connectivity index is 2.04. The molecule has 1 aliphatic carbocycles. The molecule has 6 atom stereocenters. The summed E-state index contributed by atoms with van der Waals surface area (Å²) in [4.78, 5) is 0. The molecule has 0 aromatic carbocycles. The summed E-state index contributed by atoms with van der Waals surface area (Å²) in [6.07, 6.45) is 20.6. The van der Waals surface area contributed by atoms with Gasteiger partial charge in [-0.1, -0.05) is 99.8 Å². The van der Waals surface area contributed by atoms with Crippen LogP contribution in [0.1, 0.15) is 138 Å². The largest absolute Gasteiger partial charge is 0.245 e. The minimum absolute atomic E-state index is 0.188. The van der Waals surface area contributed by atoms with E-state index in [1.54, 1.807) is 12.2 Å². The highest BCUT2D eigenvalue weighted by Crippen LogP contribution is 2.61. The van der Waals surface area contributed by atoms with Crippen LogP contribution in [-0.2, 0) is 0 Å². The molecule has 0 amide bonds. The van der Waals surface area contributed by atoms with Gasteiger partial charge in [-0.05, 0) is 77.4 Å². The van der Waals surface area contributed by atoms with Crippen LogP contribution in [0.25, 0.3) is 0 Å². The topological polar surface area (TPSA) is 0 Å². The van der Waals surface area contributed by atoms with Gasteiger partial charge in [-0.2, -0.15) is 0 Å². The molecule has 2 fully saturated rings. The molecule has 5 unspecified atom stereocenters. The van der Waals surface area contributed by atoms with Crippen molar-refractivity contribution in [1.82, 2.24) is 0 Å². The van der Waals surface area contributed by atoms with Crippen LogP contribution in [0.3, 0.4) is 0 Å². The molecule has 29 heavy (non-hydrogen) atoms. The third kappa shape index (κ3) is 6.43. The van der Waals surface area contributed by atoms with Crippen molar-refractivity contribution in [3.63, 3.8) is 0 Å². The normalized spacial score (nSPS) is 35.5. The van der Waals surface area contributed by atoms with E-state index < -0.39 is 0 Å². The molecule has 0 N–H and O–H groups in total. The van der Waals surface area contributed by atoms with Crippen molar-refractivity contribution in [2.45, 2.75) is 148 Å². The fraction of sp³-hybridized carbons (Fsp3) is 1.00. The third-order valence-electron chi connectivity index (χ3n) is 9.28. The molecule has 0 aromatic heterocycles. The fourth-order valence-corrected chi connectivity index (χ4v) is 11.8. The van der Waals surface area contributed by atoms with Crippen LogP contribution in [0.15, 0.2) is 0 Å². The van der Waals surface area contributed by atoms with Gasteiger partial charge in [-0.15, -0.1) is 0 Å². The molecule has 1 heteroatoms. The number of thiol groups is 1. The zero-order chi connectivity index (χ0) is 21.5. The van der Waals surface area contributed by atoms with Gasteiger partial charge < -0.3 is 0 Å². The van der Waals surface area contributed by atoms with Crippen molar-refractivity contribution < 1.29 is 0 Å². The lowest BCUT2D eigenvalue weighted by Crippen LogP contribution is -2.37. The first-order valence-electron chi connectivity index (χ1n) is 13.6. The van der Waals surface area contributed by atoms with Crippen LogP contribution < -0.4 is 0 Å². The van der Waals surface area contributed by atoms with Crippen molar-refractivity contribution in [2.75, 3.05) is 5.75 Å². The van der Waals surface area contributed by atoms with E-state index in [-0.39, 0.29) is 10.9 Å². The Morgan fingerprint density at radius 2 is 1.69 bits per heavy atom. The van der Waals surface area contributed by atoms with Gasteiger partial charge in [0.2, 0.25) is 0 Å². The molecular formula is C28H56S. The second kappa shape index (κ2) is 11.8. The van der Waals surface area contributed by atoms with E-state index in [4.69, 9.17) is 0 Å². The Kier molecular flexibility index (Phi) is 10.4. The number of rotatable bonds is 12. The molecule has 174 valence electrons. The molecule has 0 radical (unpaired) electrons. The van der Waals surface area contributed by atoms with E-state index in [9.17, 15) is 0 Å². The smallest absolute Gasteiger partial charge is 0.00197 e. The van der Waals surface area contributed by atoms with Crippen molar-refractivity contribution in [3.05, 3.63) is 0 Å². The average Bonchev–Trinajstić information content (AvgIpc) is 2.99. The molecule has 2 aliphatic rings. The first-order valence-corrected chi connectivity index (χ1v) is 15.2. The van der Waals surface area contributed by atoms with Crippen LogP contribution >= 0.6 is 10.9 Å². The Morgan fingerprint density at radius 1 is 0.931 bits per heavy atom. The van der Waals surface area contributed by atoms with Crippen molar-refractivity contribution in [2.24, 2.45) is 23.2 Å². The molecule has 1 saturated heterocycles. The fourth-order valence-electron chi connectivity index (χ4n) is 7.52. The second-order valence-corrected chi connectivity index (χ2v) is 15.0. The summed E-state index contributed by atoms with van der Waals surface area (Å²) in [7, 11) is 0.188. The predicted molar refractivity (Wildman–Crippen MR) is 138 cm³/mol. The molecule has 0 bridgehead atoms. The standard InChI is InChI=1S/C28H56S/c1-8-11-12-13-16-25-18-21-29(28(25,7)19-9-2)23(4)22-24(10-3)26-17-14-15-20-27(26,5)6/h23-26,29H,8-22H2,1-7H3/t23?,24-,25?,26?,28?/m0/s1. The van der Waals surface area contributed by atoms with Gasteiger partial charge in [0, 0.05) is 0 Å². The van der Waals surface area contributed by atoms with Gasteiger partial charge in [-0.3, -0.25) is 0 Å². The van der Waals surface area contributed by atoms with Crippen LogP contribution in [0, 0.1) is 23.2 Å². The maximum absolute atomic E-state index is 2.74. The molecule has 1 heterocycles. The lowest BCUT2D eigenvalue weighted by molar-refractivity contribution is 0.0745. The highest BCUT2D eigenvalue weighted by Gasteiger charge is 2.46. The van der Waals surface area contributed by atoms with Crippen molar-refractivity contribution in [3.8, 4) is 0 Å². The Bertz CT molecular complexity index is 455.